The molecule has 254 valence electrons. The molecule has 1 atom stereocenters. The number of ether oxygens (including phenoxy) is 2. The summed E-state index contributed by atoms with van der Waals surface area (Å²) in [6.07, 6.45) is 3.49. The summed E-state index contributed by atoms with van der Waals surface area (Å²) in [6, 6.07) is 24.4. The number of aryl methyl sites for hydroxylation is 1. The molecule has 3 aromatic rings. The van der Waals surface area contributed by atoms with Gasteiger partial charge in [-0.25, -0.2) is 0 Å². The fourth-order valence-corrected chi connectivity index (χ4v) is 6.85. The Balaban J connectivity index is 0.000000229. The molecule has 5 rings (SSSR count). The van der Waals surface area contributed by atoms with Gasteiger partial charge in [-0.3, -0.25) is 19.4 Å². The molecule has 0 saturated carbocycles. The summed E-state index contributed by atoms with van der Waals surface area (Å²) in [6.45, 7) is 14.3. The Morgan fingerprint density at radius 1 is 0.809 bits per heavy atom. The summed E-state index contributed by atoms with van der Waals surface area (Å²) < 4.78 is 10.9. The lowest BCUT2D eigenvalue weighted by Crippen LogP contribution is -2.54. The van der Waals surface area contributed by atoms with Crippen molar-refractivity contribution in [2.45, 2.75) is 56.5 Å². The van der Waals surface area contributed by atoms with E-state index in [0.717, 1.165) is 49.4 Å². The number of morpholine rings is 2. The van der Waals surface area contributed by atoms with Gasteiger partial charge in [-0.2, -0.15) is 0 Å². The lowest BCUT2D eigenvalue weighted by molar-refractivity contribution is -0.00430. The molecule has 2 aliphatic heterocycles. The van der Waals surface area contributed by atoms with Crippen LogP contribution in [0.4, 0.5) is 5.69 Å². The molecular weight excluding hydrogens is 607 g/mol. The van der Waals surface area contributed by atoms with Gasteiger partial charge >= 0.3 is 0 Å². The van der Waals surface area contributed by atoms with Crippen molar-refractivity contribution in [3.05, 3.63) is 95.1 Å². The van der Waals surface area contributed by atoms with E-state index in [0.29, 0.717) is 32.8 Å². The Morgan fingerprint density at radius 3 is 1.94 bits per heavy atom. The van der Waals surface area contributed by atoms with E-state index in [1.165, 1.54) is 16.0 Å². The van der Waals surface area contributed by atoms with Crippen LogP contribution >= 0.6 is 11.8 Å². The van der Waals surface area contributed by atoms with Gasteiger partial charge in [0.15, 0.2) is 11.6 Å². The van der Waals surface area contributed by atoms with Gasteiger partial charge in [0.1, 0.15) is 0 Å². The molecule has 47 heavy (non-hydrogen) atoms. The first kappa shape index (κ1) is 36.8. The molecule has 2 saturated heterocycles. The van der Waals surface area contributed by atoms with Gasteiger partial charge in [0.25, 0.3) is 0 Å². The van der Waals surface area contributed by atoms with Crippen LogP contribution in [0.5, 0.6) is 0 Å². The number of hydrogen-bond acceptors (Lipinski definition) is 8. The van der Waals surface area contributed by atoms with E-state index >= 15 is 0 Å². The van der Waals surface area contributed by atoms with Gasteiger partial charge in [-0.15, -0.1) is 11.8 Å². The zero-order chi connectivity index (χ0) is 34.0. The van der Waals surface area contributed by atoms with E-state index in [9.17, 15) is 9.59 Å². The number of likely N-dealkylation sites (N-methyl/N-ethyl adjacent to an activating group) is 1. The zero-order valence-corrected chi connectivity index (χ0v) is 30.2. The predicted octanol–water partition coefficient (Wildman–Crippen LogP) is 6.67. The standard InChI is InChI=1S/C24H32N2O2.C15H21NO2S/c1-5-24(25(3)4,18-20-12-10-19(2)11-13-20)23(27)21-8-6-7-9-22(21)26-14-16-28-17-15-26;1-15(2,16-8-10-18-11-9-16)14(17)12-4-6-13(19-3)7-5-12/h6-13H,5,14-18H2,1-4H3;4-7H,8-11H2,1-3H3. The third kappa shape index (κ3) is 8.92. The van der Waals surface area contributed by atoms with Gasteiger partial charge in [0.05, 0.1) is 37.5 Å². The highest BCUT2D eigenvalue weighted by atomic mass is 32.2. The molecule has 8 heteroatoms. The Hall–Kier alpha value is -3.01. The fraction of sp³-hybridized carbons (Fsp3) is 0.487. The number of carbonyl (C=O) groups excluding carboxylic acids is 2. The van der Waals surface area contributed by atoms with Crippen molar-refractivity contribution in [3.63, 3.8) is 0 Å². The van der Waals surface area contributed by atoms with Crippen LogP contribution in [-0.4, -0.2) is 105 Å². The molecule has 3 aromatic carbocycles. The van der Waals surface area contributed by atoms with Crippen LogP contribution in [0.2, 0.25) is 0 Å². The van der Waals surface area contributed by atoms with Crippen molar-refractivity contribution in [2.24, 2.45) is 0 Å². The number of Topliss-reactive ketones (excluding diaryl/α,β-unsaturated/α-hetero) is 2. The quantitative estimate of drug-likeness (QED) is 0.167. The highest BCUT2D eigenvalue weighted by Crippen LogP contribution is 2.32. The van der Waals surface area contributed by atoms with E-state index in [1.54, 1.807) is 11.8 Å². The first-order chi connectivity index (χ1) is 22.5. The van der Waals surface area contributed by atoms with Gasteiger partial charge in [0.2, 0.25) is 0 Å². The van der Waals surface area contributed by atoms with Crippen LogP contribution in [0.3, 0.4) is 0 Å². The minimum atomic E-state index is -0.572. The SMILES string of the molecule is CCC(Cc1ccc(C)cc1)(C(=O)c1ccccc1N1CCOCC1)N(C)C.CSc1ccc(C(=O)C(C)(C)N2CCOCC2)cc1. The second-order valence-electron chi connectivity index (χ2n) is 13.1. The summed E-state index contributed by atoms with van der Waals surface area (Å²) in [5.41, 5.74) is 4.02. The van der Waals surface area contributed by atoms with Gasteiger partial charge in [-0.05, 0) is 83.8 Å². The van der Waals surface area contributed by atoms with Gasteiger partial charge < -0.3 is 14.4 Å². The Labute approximate surface area is 286 Å². The van der Waals surface area contributed by atoms with Crippen LogP contribution in [0.15, 0.2) is 77.7 Å². The molecule has 0 radical (unpaired) electrons. The zero-order valence-electron chi connectivity index (χ0n) is 29.4. The molecule has 2 aliphatic rings. The topological polar surface area (TPSA) is 62.3 Å². The first-order valence-electron chi connectivity index (χ1n) is 16.7. The maximum atomic E-state index is 14.0. The summed E-state index contributed by atoms with van der Waals surface area (Å²) >= 11 is 1.69. The number of anilines is 1. The maximum Gasteiger partial charge on any atom is 0.185 e. The Bertz CT molecular complexity index is 1450. The van der Waals surface area contributed by atoms with Gasteiger partial charge in [-0.1, -0.05) is 61.0 Å². The third-order valence-electron chi connectivity index (χ3n) is 9.69. The average molecular weight is 660 g/mol. The van der Waals surface area contributed by atoms with Gasteiger partial charge in [0, 0.05) is 47.9 Å². The Morgan fingerprint density at radius 2 is 1.38 bits per heavy atom. The molecule has 0 bridgehead atoms. The van der Waals surface area contributed by atoms with Crippen molar-refractivity contribution in [1.29, 1.82) is 0 Å². The largest absolute Gasteiger partial charge is 0.379 e. The molecule has 0 spiro atoms. The van der Waals surface area contributed by atoms with Crippen LogP contribution in [0.25, 0.3) is 0 Å². The summed E-state index contributed by atoms with van der Waals surface area (Å²) in [7, 11) is 4.04. The number of hydrogen-bond donors (Lipinski definition) is 0. The second-order valence-corrected chi connectivity index (χ2v) is 14.0. The average Bonchev–Trinajstić information content (AvgIpc) is 3.11. The number of carbonyl (C=O) groups is 2. The smallest absolute Gasteiger partial charge is 0.185 e. The molecule has 7 nitrogen and oxygen atoms in total. The summed E-state index contributed by atoms with van der Waals surface area (Å²) in [5.74, 6) is 0.379. The highest BCUT2D eigenvalue weighted by molar-refractivity contribution is 7.98. The molecule has 2 heterocycles. The lowest BCUT2D eigenvalue weighted by Gasteiger charge is -2.39. The van der Waals surface area contributed by atoms with Crippen molar-refractivity contribution >= 4 is 29.0 Å². The minimum absolute atomic E-state index is 0.182. The number of para-hydroxylation sites is 1. The molecule has 0 N–H and O–H groups in total. The fourth-order valence-electron chi connectivity index (χ4n) is 6.44. The normalized spacial score (nSPS) is 17.1. The number of thioether (sulfide) groups is 1. The van der Waals surface area contributed by atoms with Crippen LogP contribution < -0.4 is 4.90 Å². The molecule has 1 unspecified atom stereocenters. The number of nitrogens with zero attached hydrogens (tertiary/aromatic N) is 3. The van der Waals surface area contributed by atoms with E-state index in [-0.39, 0.29) is 11.6 Å². The van der Waals surface area contributed by atoms with Crippen molar-refractivity contribution in [2.75, 3.05) is 77.9 Å². The minimum Gasteiger partial charge on any atom is -0.379 e. The van der Waals surface area contributed by atoms with Crippen LogP contribution in [-0.2, 0) is 15.9 Å². The molecule has 0 aromatic heterocycles. The predicted molar refractivity (Wildman–Crippen MR) is 194 cm³/mol. The van der Waals surface area contributed by atoms with Crippen molar-refractivity contribution < 1.29 is 19.1 Å². The Kier molecular flexibility index (Phi) is 13.2. The van der Waals surface area contributed by atoms with E-state index in [2.05, 4.69) is 58.9 Å². The molecule has 0 amide bonds. The lowest BCUT2D eigenvalue weighted by atomic mass is 9.79. The maximum absolute atomic E-state index is 14.0. The van der Waals surface area contributed by atoms with Crippen molar-refractivity contribution in [3.8, 4) is 0 Å². The first-order valence-corrected chi connectivity index (χ1v) is 18.0. The molecule has 2 fully saturated rings. The van der Waals surface area contributed by atoms with E-state index in [1.807, 2.05) is 76.7 Å². The number of ketones is 2. The van der Waals surface area contributed by atoms with Crippen LogP contribution in [0, 0.1) is 6.92 Å². The molecular formula is C39H53N3O4S. The summed E-state index contributed by atoms with van der Waals surface area (Å²) in [5, 5.41) is 0. The number of benzene rings is 3. The van der Waals surface area contributed by atoms with Crippen LogP contribution in [0.1, 0.15) is 59.0 Å². The molecule has 0 aliphatic carbocycles. The van der Waals surface area contributed by atoms with E-state index < -0.39 is 11.1 Å². The second kappa shape index (κ2) is 16.9. The monoisotopic (exact) mass is 659 g/mol. The van der Waals surface area contributed by atoms with Crippen molar-refractivity contribution in [1.82, 2.24) is 9.80 Å². The van der Waals surface area contributed by atoms with E-state index in [4.69, 9.17) is 9.47 Å². The summed E-state index contributed by atoms with van der Waals surface area (Å²) in [4.78, 5) is 34.4. The highest BCUT2D eigenvalue weighted by Gasteiger charge is 2.41. The third-order valence-corrected chi connectivity index (χ3v) is 10.4. The number of rotatable bonds is 11.